The number of amides is 1. The van der Waals surface area contributed by atoms with Crippen molar-refractivity contribution in [1.82, 2.24) is 15.2 Å². The van der Waals surface area contributed by atoms with E-state index in [-0.39, 0.29) is 5.92 Å². The lowest BCUT2D eigenvalue weighted by Crippen LogP contribution is -2.45. The molecular weight excluding hydrogens is 340 g/mol. The number of carbonyl (C=O) groups excluding carboxylic acids is 1. The topological polar surface area (TPSA) is 61.6 Å². The van der Waals surface area contributed by atoms with Gasteiger partial charge in [-0.3, -0.25) is 4.79 Å². The van der Waals surface area contributed by atoms with Crippen molar-refractivity contribution in [3.8, 4) is 0 Å². The van der Waals surface area contributed by atoms with Crippen LogP contribution in [-0.4, -0.2) is 55.6 Å². The highest BCUT2D eigenvalue weighted by molar-refractivity contribution is 5.79. The molecule has 3 heterocycles. The third-order valence-corrected chi connectivity index (χ3v) is 6.13. The predicted molar refractivity (Wildman–Crippen MR) is 107 cm³/mol. The Morgan fingerprint density at radius 3 is 2.59 bits per heavy atom. The number of rotatable bonds is 5. The fourth-order valence-corrected chi connectivity index (χ4v) is 4.36. The summed E-state index contributed by atoms with van der Waals surface area (Å²) in [6.07, 6.45) is 5.29. The predicted octanol–water partition coefficient (Wildman–Crippen LogP) is 2.89. The highest BCUT2D eigenvalue weighted by Crippen LogP contribution is 2.28. The van der Waals surface area contributed by atoms with Crippen molar-refractivity contribution in [3.63, 3.8) is 0 Å². The van der Waals surface area contributed by atoms with Crippen LogP contribution in [0.5, 0.6) is 0 Å². The van der Waals surface area contributed by atoms with E-state index in [9.17, 15) is 4.79 Å². The molecule has 2 fully saturated rings. The second-order valence-corrected chi connectivity index (χ2v) is 7.89. The number of hydrogen-bond donors (Lipinski definition) is 1. The van der Waals surface area contributed by atoms with Crippen LogP contribution in [0.3, 0.4) is 0 Å². The van der Waals surface area contributed by atoms with Gasteiger partial charge in [-0.2, -0.15) is 4.98 Å². The summed E-state index contributed by atoms with van der Waals surface area (Å²) in [5.74, 6) is 1.28. The number of oxazole rings is 1. The number of hydrogen-bond acceptors (Lipinski definition) is 5. The molecule has 1 aromatic carbocycles. The highest BCUT2D eigenvalue weighted by Gasteiger charge is 2.31. The standard InChI is InChI=1S/C21H30N4O2/c1-22-11-6-16-7-12-24(13-8-16)20(26)17-9-14-25(15-10-17)21-23-18-4-2-3-5-19(18)27-21/h2-5,16-17,22H,6-15H2,1H3. The molecule has 6 nitrogen and oxygen atoms in total. The van der Waals surface area contributed by atoms with Crippen LogP contribution in [0.1, 0.15) is 32.1 Å². The van der Waals surface area contributed by atoms with Crippen molar-refractivity contribution < 1.29 is 9.21 Å². The lowest BCUT2D eigenvalue weighted by atomic mass is 9.90. The molecular formula is C21H30N4O2. The molecule has 0 radical (unpaired) electrons. The number of piperidine rings is 2. The minimum absolute atomic E-state index is 0.152. The van der Waals surface area contributed by atoms with Gasteiger partial charge >= 0.3 is 0 Å². The van der Waals surface area contributed by atoms with E-state index in [2.05, 4.69) is 20.1 Å². The number of nitrogens with one attached hydrogen (secondary N) is 1. The second kappa shape index (κ2) is 8.30. The van der Waals surface area contributed by atoms with Crippen molar-refractivity contribution in [2.45, 2.75) is 32.1 Å². The smallest absolute Gasteiger partial charge is 0.298 e. The first kappa shape index (κ1) is 18.3. The SMILES string of the molecule is CNCCC1CCN(C(=O)C2CCN(c3nc4ccccc4o3)CC2)CC1. The summed E-state index contributed by atoms with van der Waals surface area (Å²) < 4.78 is 5.88. The molecule has 1 amide bonds. The van der Waals surface area contributed by atoms with Crippen LogP contribution in [-0.2, 0) is 4.79 Å². The summed E-state index contributed by atoms with van der Waals surface area (Å²) >= 11 is 0. The Bertz CT molecular complexity index is 725. The fourth-order valence-electron chi connectivity index (χ4n) is 4.36. The van der Waals surface area contributed by atoms with Gasteiger partial charge < -0.3 is 19.5 Å². The molecule has 27 heavy (non-hydrogen) atoms. The van der Waals surface area contributed by atoms with E-state index < -0.39 is 0 Å². The van der Waals surface area contributed by atoms with E-state index in [0.717, 1.165) is 75.4 Å². The molecule has 1 N–H and O–H groups in total. The molecule has 2 aromatic rings. The van der Waals surface area contributed by atoms with Gasteiger partial charge in [-0.15, -0.1) is 0 Å². The maximum atomic E-state index is 12.9. The number of fused-ring (bicyclic) bond motifs is 1. The van der Waals surface area contributed by atoms with E-state index in [0.29, 0.717) is 11.9 Å². The van der Waals surface area contributed by atoms with Crippen molar-refractivity contribution in [3.05, 3.63) is 24.3 Å². The molecule has 4 rings (SSSR count). The summed E-state index contributed by atoms with van der Waals surface area (Å²) in [4.78, 5) is 21.8. The second-order valence-electron chi connectivity index (χ2n) is 7.89. The zero-order chi connectivity index (χ0) is 18.6. The zero-order valence-corrected chi connectivity index (χ0v) is 16.2. The Morgan fingerprint density at radius 1 is 1.15 bits per heavy atom. The van der Waals surface area contributed by atoms with Gasteiger partial charge in [-0.25, -0.2) is 0 Å². The normalized spacial score (nSPS) is 19.7. The number of anilines is 1. The molecule has 0 bridgehead atoms. The third-order valence-electron chi connectivity index (χ3n) is 6.13. The summed E-state index contributed by atoms with van der Waals surface area (Å²) in [7, 11) is 2.01. The summed E-state index contributed by atoms with van der Waals surface area (Å²) in [5, 5.41) is 3.23. The molecule has 0 aliphatic carbocycles. The van der Waals surface area contributed by atoms with Gasteiger partial charge in [-0.1, -0.05) is 12.1 Å². The van der Waals surface area contributed by atoms with Crippen LogP contribution in [0, 0.1) is 11.8 Å². The van der Waals surface area contributed by atoms with Crippen molar-refractivity contribution in [1.29, 1.82) is 0 Å². The molecule has 2 saturated heterocycles. The van der Waals surface area contributed by atoms with Crippen molar-refractivity contribution in [2.75, 3.05) is 44.7 Å². The number of benzene rings is 1. The molecule has 0 saturated carbocycles. The number of likely N-dealkylation sites (tertiary alicyclic amines) is 1. The molecule has 2 aliphatic rings. The Hall–Kier alpha value is -2.08. The Kier molecular flexibility index (Phi) is 5.62. The first-order valence-electron chi connectivity index (χ1n) is 10.3. The largest absolute Gasteiger partial charge is 0.423 e. The number of aromatic nitrogens is 1. The van der Waals surface area contributed by atoms with Crippen LogP contribution < -0.4 is 10.2 Å². The average Bonchev–Trinajstić information content (AvgIpc) is 3.16. The fraction of sp³-hybridized carbons (Fsp3) is 0.619. The molecule has 6 heteroatoms. The number of carbonyl (C=O) groups is 1. The molecule has 0 spiro atoms. The summed E-state index contributed by atoms with van der Waals surface area (Å²) in [5.41, 5.74) is 1.72. The molecule has 146 valence electrons. The maximum Gasteiger partial charge on any atom is 0.298 e. The first-order chi connectivity index (χ1) is 13.2. The Labute approximate surface area is 160 Å². The summed E-state index contributed by atoms with van der Waals surface area (Å²) in [6, 6.07) is 8.54. The van der Waals surface area contributed by atoms with Crippen molar-refractivity contribution >= 4 is 23.0 Å². The molecule has 1 aromatic heterocycles. The van der Waals surface area contributed by atoms with Gasteiger partial charge in [0, 0.05) is 32.1 Å². The first-order valence-corrected chi connectivity index (χ1v) is 10.3. The Morgan fingerprint density at radius 2 is 1.89 bits per heavy atom. The van der Waals surface area contributed by atoms with Gasteiger partial charge in [0.1, 0.15) is 5.52 Å². The van der Waals surface area contributed by atoms with Crippen LogP contribution in [0.4, 0.5) is 6.01 Å². The van der Waals surface area contributed by atoms with E-state index in [1.165, 1.54) is 6.42 Å². The summed E-state index contributed by atoms with van der Waals surface area (Å²) in [6.45, 7) is 4.60. The minimum atomic E-state index is 0.152. The minimum Gasteiger partial charge on any atom is -0.423 e. The van der Waals surface area contributed by atoms with Crippen LogP contribution >= 0.6 is 0 Å². The van der Waals surface area contributed by atoms with Crippen LogP contribution in [0.2, 0.25) is 0 Å². The quantitative estimate of drug-likeness (QED) is 0.877. The van der Waals surface area contributed by atoms with Gasteiger partial charge in [0.15, 0.2) is 5.58 Å². The zero-order valence-electron chi connectivity index (χ0n) is 16.2. The maximum absolute atomic E-state index is 12.9. The molecule has 0 unspecified atom stereocenters. The Balaban J connectivity index is 1.28. The average molecular weight is 370 g/mol. The van der Waals surface area contributed by atoms with E-state index in [1.54, 1.807) is 0 Å². The molecule has 0 atom stereocenters. The lowest BCUT2D eigenvalue weighted by molar-refractivity contribution is -0.137. The highest BCUT2D eigenvalue weighted by atomic mass is 16.4. The monoisotopic (exact) mass is 370 g/mol. The van der Waals surface area contributed by atoms with Gasteiger partial charge in [0.25, 0.3) is 6.01 Å². The number of para-hydroxylation sites is 2. The number of nitrogens with zero attached hydrogens (tertiary/aromatic N) is 3. The molecule has 2 aliphatic heterocycles. The van der Waals surface area contributed by atoms with Gasteiger partial charge in [0.2, 0.25) is 5.91 Å². The van der Waals surface area contributed by atoms with Crippen LogP contribution in [0.25, 0.3) is 11.1 Å². The lowest BCUT2D eigenvalue weighted by Gasteiger charge is -2.37. The van der Waals surface area contributed by atoms with Gasteiger partial charge in [0.05, 0.1) is 0 Å². The van der Waals surface area contributed by atoms with Crippen molar-refractivity contribution in [2.24, 2.45) is 11.8 Å². The van der Waals surface area contributed by atoms with Crippen LogP contribution in [0.15, 0.2) is 28.7 Å². The van der Waals surface area contributed by atoms with E-state index in [1.807, 2.05) is 31.3 Å². The van der Waals surface area contributed by atoms with E-state index in [4.69, 9.17) is 4.42 Å². The third kappa shape index (κ3) is 4.10. The van der Waals surface area contributed by atoms with Gasteiger partial charge in [-0.05, 0) is 63.7 Å². The van der Waals surface area contributed by atoms with E-state index >= 15 is 0 Å².